The van der Waals surface area contributed by atoms with Gasteiger partial charge in [0, 0.05) is 29.1 Å². The normalized spacial score (nSPS) is 18.7. The second-order valence-corrected chi connectivity index (χ2v) is 11.1. The summed E-state index contributed by atoms with van der Waals surface area (Å²) < 4.78 is 43.1. The zero-order chi connectivity index (χ0) is 27.6. The number of aryl methyl sites for hydroxylation is 1. The Hall–Kier alpha value is -3.84. The van der Waals surface area contributed by atoms with Crippen LogP contribution >= 0.6 is 0 Å². The lowest BCUT2D eigenvalue weighted by Gasteiger charge is -2.34. The second kappa shape index (κ2) is 10.9. The first kappa shape index (κ1) is 27.2. The maximum Gasteiger partial charge on any atom is 0.404 e. The van der Waals surface area contributed by atoms with Crippen molar-refractivity contribution >= 4 is 32.7 Å². The molecule has 4 rings (SSSR count). The number of carboxylic acid groups (broad SMARTS) is 1. The maximum absolute atomic E-state index is 13.7. The third-order valence-electron chi connectivity index (χ3n) is 7.11. The van der Waals surface area contributed by atoms with Crippen LogP contribution in [0.2, 0.25) is 0 Å². The second-order valence-electron chi connectivity index (χ2n) is 9.47. The molecular weight excluding hydrogens is 519 g/mol. The first-order chi connectivity index (χ1) is 18.0. The van der Waals surface area contributed by atoms with Crippen molar-refractivity contribution in [2.45, 2.75) is 56.0 Å². The van der Waals surface area contributed by atoms with Crippen LogP contribution < -0.4 is 15.6 Å². The number of halogens is 1. The smallest absolute Gasteiger partial charge is 0.404 e. The van der Waals surface area contributed by atoms with E-state index in [0.29, 0.717) is 47.7 Å². The molecular formula is C25H27FN4O7S. The minimum Gasteiger partial charge on any atom is -0.465 e. The molecule has 38 heavy (non-hydrogen) atoms. The number of sulfonamides is 1. The minimum absolute atomic E-state index is 0.0178. The number of hydrogen-bond donors (Lipinski definition) is 4. The van der Waals surface area contributed by atoms with Gasteiger partial charge in [-0.15, -0.1) is 0 Å². The van der Waals surface area contributed by atoms with Crippen LogP contribution in [0, 0.1) is 28.8 Å². The predicted molar refractivity (Wildman–Crippen MR) is 137 cm³/mol. The summed E-state index contributed by atoms with van der Waals surface area (Å²) >= 11 is 0. The van der Waals surface area contributed by atoms with Crippen molar-refractivity contribution < 1.29 is 27.6 Å². The molecule has 3 aromatic rings. The molecule has 2 aromatic carbocycles. The summed E-state index contributed by atoms with van der Waals surface area (Å²) in [7, 11) is -4.37. The zero-order valence-electron chi connectivity index (χ0n) is 20.4. The van der Waals surface area contributed by atoms with Crippen LogP contribution in [0.1, 0.15) is 36.8 Å². The van der Waals surface area contributed by atoms with Gasteiger partial charge in [-0.05, 0) is 74.8 Å². The molecule has 0 bridgehead atoms. The van der Waals surface area contributed by atoms with Crippen LogP contribution in [0.4, 0.5) is 14.9 Å². The van der Waals surface area contributed by atoms with Gasteiger partial charge in [0.2, 0.25) is 10.0 Å². The lowest BCUT2D eigenvalue weighted by atomic mass is 9.79. The number of nitro groups is 1. The number of nitrogens with zero attached hydrogens (tertiary/aromatic N) is 1. The number of nitro benzene ring substituents is 1. The Balaban J connectivity index is 1.71. The van der Waals surface area contributed by atoms with Crippen molar-refractivity contribution in [1.29, 1.82) is 0 Å². The van der Waals surface area contributed by atoms with E-state index in [9.17, 15) is 32.5 Å². The molecule has 0 aliphatic heterocycles. The molecule has 1 unspecified atom stereocenters. The van der Waals surface area contributed by atoms with E-state index in [1.165, 1.54) is 30.3 Å². The average molecular weight is 547 g/mol. The van der Waals surface area contributed by atoms with Gasteiger partial charge >= 0.3 is 6.09 Å². The highest BCUT2D eigenvalue weighted by Gasteiger charge is 2.34. The molecule has 0 spiro atoms. The average Bonchev–Trinajstić information content (AvgIpc) is 2.85. The molecule has 1 saturated carbocycles. The van der Waals surface area contributed by atoms with E-state index in [0.717, 1.165) is 12.1 Å². The van der Waals surface area contributed by atoms with Crippen LogP contribution in [-0.2, 0) is 16.4 Å². The fraction of sp³-hybridized carbons (Fsp3) is 0.360. The fourth-order valence-corrected chi connectivity index (χ4v) is 6.66. The molecule has 4 N–H and O–H groups in total. The van der Waals surface area contributed by atoms with Gasteiger partial charge in [-0.25, -0.2) is 22.3 Å². The van der Waals surface area contributed by atoms with Gasteiger partial charge in [0.05, 0.1) is 10.4 Å². The molecule has 1 aliphatic carbocycles. The van der Waals surface area contributed by atoms with Crippen molar-refractivity contribution in [3.63, 3.8) is 0 Å². The lowest BCUT2D eigenvalue weighted by Crippen LogP contribution is -2.46. The summed E-state index contributed by atoms with van der Waals surface area (Å²) in [5, 5.41) is 23.6. The van der Waals surface area contributed by atoms with Gasteiger partial charge in [0.25, 0.3) is 11.2 Å². The highest BCUT2D eigenvalue weighted by molar-refractivity contribution is 7.89. The largest absolute Gasteiger partial charge is 0.465 e. The summed E-state index contributed by atoms with van der Waals surface area (Å²) in [5.41, 5.74) is 0.130. The van der Waals surface area contributed by atoms with Crippen molar-refractivity contribution in [3.8, 4) is 0 Å². The SMILES string of the molecule is Cc1c(CC(NS(=O)(=O)c2ccccc2[N+](=O)[O-])C2CCC(NC(=O)O)CC2)c(=O)[nH]c2cc(F)ccc12. The number of hydrogen-bond acceptors (Lipinski definition) is 6. The number of para-hydroxylation sites is 1. The number of aromatic nitrogens is 1. The molecule has 11 nitrogen and oxygen atoms in total. The third kappa shape index (κ3) is 5.83. The summed E-state index contributed by atoms with van der Waals surface area (Å²) in [5.74, 6) is -0.788. The van der Waals surface area contributed by atoms with Gasteiger partial charge < -0.3 is 15.4 Å². The Bertz CT molecular complexity index is 1550. The van der Waals surface area contributed by atoms with Gasteiger partial charge in [0.1, 0.15) is 5.82 Å². The molecule has 1 atom stereocenters. The Morgan fingerprint density at radius 1 is 1.21 bits per heavy atom. The summed E-state index contributed by atoms with van der Waals surface area (Å²) in [6.45, 7) is 1.70. The first-order valence-electron chi connectivity index (χ1n) is 12.0. The summed E-state index contributed by atoms with van der Waals surface area (Å²) in [4.78, 5) is 36.9. The number of amides is 1. The summed E-state index contributed by atoms with van der Waals surface area (Å²) in [6, 6.07) is 7.91. The number of aromatic amines is 1. The van der Waals surface area contributed by atoms with E-state index in [2.05, 4.69) is 15.0 Å². The van der Waals surface area contributed by atoms with Gasteiger partial charge in [-0.2, -0.15) is 0 Å². The van der Waals surface area contributed by atoms with E-state index in [1.54, 1.807) is 6.92 Å². The third-order valence-corrected chi connectivity index (χ3v) is 8.65. The number of nitrogens with one attached hydrogen (secondary N) is 3. The number of rotatable bonds is 8. The molecule has 202 valence electrons. The molecule has 1 heterocycles. The highest BCUT2D eigenvalue weighted by Crippen LogP contribution is 2.31. The molecule has 1 fully saturated rings. The number of carbonyl (C=O) groups is 1. The van der Waals surface area contributed by atoms with Gasteiger partial charge in [0.15, 0.2) is 4.90 Å². The van der Waals surface area contributed by atoms with Crippen LogP contribution in [0.25, 0.3) is 10.9 Å². The predicted octanol–water partition coefficient (Wildman–Crippen LogP) is 3.60. The lowest BCUT2D eigenvalue weighted by molar-refractivity contribution is -0.387. The quantitative estimate of drug-likeness (QED) is 0.247. The van der Waals surface area contributed by atoms with Crippen LogP contribution in [-0.4, -0.2) is 41.6 Å². The van der Waals surface area contributed by atoms with E-state index in [-0.39, 0.29) is 18.4 Å². The monoisotopic (exact) mass is 546 g/mol. The minimum atomic E-state index is -4.37. The Morgan fingerprint density at radius 2 is 1.89 bits per heavy atom. The van der Waals surface area contributed by atoms with Crippen molar-refractivity contribution in [2.75, 3.05) is 0 Å². The Kier molecular flexibility index (Phi) is 7.78. The molecule has 0 radical (unpaired) electrons. The van der Waals surface area contributed by atoms with Crippen molar-refractivity contribution in [2.24, 2.45) is 5.92 Å². The number of H-pyrrole nitrogens is 1. The van der Waals surface area contributed by atoms with Crippen molar-refractivity contribution in [1.82, 2.24) is 15.0 Å². The maximum atomic E-state index is 13.7. The fourth-order valence-electron chi connectivity index (χ4n) is 5.19. The number of fused-ring (bicyclic) bond motifs is 1. The molecule has 13 heteroatoms. The van der Waals surface area contributed by atoms with E-state index in [4.69, 9.17) is 5.11 Å². The molecule has 1 aliphatic rings. The highest BCUT2D eigenvalue weighted by atomic mass is 32.2. The van der Waals surface area contributed by atoms with Gasteiger partial charge in [-0.3, -0.25) is 14.9 Å². The van der Waals surface area contributed by atoms with E-state index >= 15 is 0 Å². The molecule has 1 amide bonds. The Labute approximate surface area is 217 Å². The molecule has 0 saturated heterocycles. The number of benzene rings is 2. The number of pyridine rings is 1. The first-order valence-corrected chi connectivity index (χ1v) is 13.5. The van der Waals surface area contributed by atoms with Gasteiger partial charge in [-0.1, -0.05) is 12.1 Å². The van der Waals surface area contributed by atoms with E-state index in [1.807, 2.05) is 0 Å². The van der Waals surface area contributed by atoms with Crippen LogP contribution in [0.15, 0.2) is 52.2 Å². The summed E-state index contributed by atoms with van der Waals surface area (Å²) in [6.07, 6.45) is 0.697. The van der Waals surface area contributed by atoms with Crippen LogP contribution in [0.3, 0.4) is 0 Å². The molecule has 1 aromatic heterocycles. The van der Waals surface area contributed by atoms with Crippen LogP contribution in [0.5, 0.6) is 0 Å². The standard InChI is InChI=1S/C25H27FN4O7S/c1-14-18-11-8-16(26)12-21(18)28-24(31)19(14)13-20(15-6-9-17(10-7-15)27-25(32)33)29-38(36,37)23-5-3-2-4-22(23)30(34)35/h2-5,8,11-12,15,17,20,27,29H,6-7,9-10,13H2,1H3,(H,28,31)(H,32,33). The topological polar surface area (TPSA) is 171 Å². The Morgan fingerprint density at radius 3 is 2.55 bits per heavy atom. The van der Waals surface area contributed by atoms with Crippen molar-refractivity contribution in [3.05, 3.63) is 79.9 Å². The zero-order valence-corrected chi connectivity index (χ0v) is 21.3. The van der Waals surface area contributed by atoms with E-state index < -0.39 is 49.0 Å².